The molecule has 0 bridgehead atoms. The molecule has 0 saturated heterocycles. The van der Waals surface area contributed by atoms with Crippen LogP contribution in [0.15, 0.2) is 42.5 Å². The van der Waals surface area contributed by atoms with E-state index in [4.69, 9.17) is 9.47 Å². The van der Waals surface area contributed by atoms with Gasteiger partial charge in [-0.2, -0.15) is 0 Å². The highest BCUT2D eigenvalue weighted by atomic mass is 16.5. The molecule has 1 heterocycles. The van der Waals surface area contributed by atoms with Crippen molar-refractivity contribution < 1.29 is 14.3 Å². The molecule has 4 nitrogen and oxygen atoms in total. The zero-order valence-corrected chi connectivity index (χ0v) is 14.4. The monoisotopic (exact) mass is 325 g/mol. The second-order valence-electron chi connectivity index (χ2n) is 6.13. The van der Waals surface area contributed by atoms with Crippen LogP contribution in [0, 0.1) is 13.8 Å². The molecule has 0 saturated carbocycles. The van der Waals surface area contributed by atoms with Gasteiger partial charge in [0.15, 0.2) is 6.61 Å². The third-order valence-corrected chi connectivity index (χ3v) is 4.34. The summed E-state index contributed by atoms with van der Waals surface area (Å²) in [6.07, 6.45) is 0.875. The highest BCUT2D eigenvalue weighted by Crippen LogP contribution is 2.34. The van der Waals surface area contributed by atoms with Gasteiger partial charge in [0.2, 0.25) is 0 Å². The number of carbonyl (C=O) groups excluding carboxylic acids is 1. The average molecular weight is 325 g/mol. The van der Waals surface area contributed by atoms with Gasteiger partial charge in [-0.3, -0.25) is 4.79 Å². The van der Waals surface area contributed by atoms with Crippen LogP contribution in [-0.2, 0) is 4.79 Å². The average Bonchev–Trinajstić information content (AvgIpc) is 2.60. The number of nitrogens with zero attached hydrogens (tertiary/aromatic N) is 1. The van der Waals surface area contributed by atoms with Gasteiger partial charge in [-0.05, 0) is 43.5 Å². The molecule has 24 heavy (non-hydrogen) atoms. The molecule has 0 aliphatic carbocycles. The Morgan fingerprint density at radius 2 is 1.88 bits per heavy atom. The first-order valence-electron chi connectivity index (χ1n) is 8.35. The molecule has 0 aromatic heterocycles. The Balaban J connectivity index is 1.77. The molecule has 0 fully saturated rings. The summed E-state index contributed by atoms with van der Waals surface area (Å²) in [6.45, 7) is 6.63. The van der Waals surface area contributed by atoms with Crippen LogP contribution in [0.25, 0.3) is 0 Å². The first-order valence-corrected chi connectivity index (χ1v) is 8.35. The fourth-order valence-electron chi connectivity index (χ4n) is 2.99. The number of aryl methyl sites for hydroxylation is 2. The van der Waals surface area contributed by atoms with Crippen molar-refractivity contribution in [2.24, 2.45) is 0 Å². The molecule has 1 aliphatic rings. The molecule has 1 atom stereocenters. The molecule has 0 N–H and O–H groups in total. The van der Waals surface area contributed by atoms with Gasteiger partial charge in [0.25, 0.3) is 5.91 Å². The van der Waals surface area contributed by atoms with E-state index in [1.165, 1.54) is 0 Å². The summed E-state index contributed by atoms with van der Waals surface area (Å²) in [7, 11) is 0. The number of fused-ring (bicyclic) bond motifs is 1. The lowest BCUT2D eigenvalue weighted by molar-refractivity contribution is -0.121. The van der Waals surface area contributed by atoms with Gasteiger partial charge >= 0.3 is 0 Å². The van der Waals surface area contributed by atoms with E-state index in [9.17, 15) is 4.79 Å². The number of benzene rings is 2. The summed E-state index contributed by atoms with van der Waals surface area (Å²) in [5.41, 5.74) is 2.89. The molecule has 0 radical (unpaired) electrons. The Kier molecular flexibility index (Phi) is 4.74. The van der Waals surface area contributed by atoms with E-state index in [1.54, 1.807) is 4.90 Å². The van der Waals surface area contributed by atoms with E-state index in [2.05, 4.69) is 6.92 Å². The second kappa shape index (κ2) is 6.95. The highest BCUT2D eigenvalue weighted by molar-refractivity contribution is 5.96. The second-order valence-corrected chi connectivity index (χ2v) is 6.13. The van der Waals surface area contributed by atoms with Crippen LogP contribution in [0.4, 0.5) is 5.69 Å². The molecular formula is C20H23NO3. The van der Waals surface area contributed by atoms with Gasteiger partial charge < -0.3 is 14.4 Å². The van der Waals surface area contributed by atoms with Crippen molar-refractivity contribution in [2.75, 3.05) is 18.1 Å². The summed E-state index contributed by atoms with van der Waals surface area (Å²) in [4.78, 5) is 14.5. The van der Waals surface area contributed by atoms with Crippen LogP contribution in [0.2, 0.25) is 0 Å². The molecule has 2 aromatic rings. The molecule has 0 spiro atoms. The molecule has 126 valence electrons. The number of amides is 1. The quantitative estimate of drug-likeness (QED) is 0.856. The maximum absolute atomic E-state index is 12.8. The number of carbonyl (C=O) groups is 1. The summed E-state index contributed by atoms with van der Waals surface area (Å²) in [6, 6.07) is 13.6. The van der Waals surface area contributed by atoms with Gasteiger partial charge in [0.05, 0.1) is 12.2 Å². The van der Waals surface area contributed by atoms with Gasteiger partial charge in [0, 0.05) is 0 Å². The number of hydrogen-bond acceptors (Lipinski definition) is 3. The number of para-hydroxylation sites is 3. The molecule has 3 rings (SSSR count). The van der Waals surface area contributed by atoms with Gasteiger partial charge in [-0.1, -0.05) is 37.3 Å². The minimum atomic E-state index is -0.0492. The highest BCUT2D eigenvalue weighted by Gasteiger charge is 2.28. The van der Waals surface area contributed by atoms with E-state index in [0.717, 1.165) is 34.7 Å². The van der Waals surface area contributed by atoms with Gasteiger partial charge in [0.1, 0.15) is 17.6 Å². The smallest absolute Gasteiger partial charge is 0.265 e. The van der Waals surface area contributed by atoms with Crippen molar-refractivity contribution in [1.29, 1.82) is 0 Å². The maximum atomic E-state index is 12.8. The number of anilines is 1. The van der Waals surface area contributed by atoms with Crippen molar-refractivity contribution in [2.45, 2.75) is 33.3 Å². The van der Waals surface area contributed by atoms with E-state index >= 15 is 0 Å². The maximum Gasteiger partial charge on any atom is 0.265 e. The minimum Gasteiger partial charge on any atom is -0.486 e. The summed E-state index contributed by atoms with van der Waals surface area (Å²) in [5.74, 6) is 1.50. The van der Waals surface area contributed by atoms with Crippen molar-refractivity contribution in [1.82, 2.24) is 0 Å². The van der Waals surface area contributed by atoms with Gasteiger partial charge in [-0.25, -0.2) is 0 Å². The standard InChI is InChI=1S/C20H23NO3/c1-4-16-12-21(17-10-5-6-11-18(17)24-16)19(22)13-23-20-14(2)8-7-9-15(20)3/h5-11,16H,4,12-13H2,1-3H3. The zero-order chi connectivity index (χ0) is 17.1. The zero-order valence-electron chi connectivity index (χ0n) is 14.4. The van der Waals surface area contributed by atoms with Crippen LogP contribution in [0.5, 0.6) is 11.5 Å². The van der Waals surface area contributed by atoms with Gasteiger partial charge in [-0.15, -0.1) is 0 Å². The first-order chi connectivity index (χ1) is 11.6. The molecule has 1 unspecified atom stereocenters. The Labute approximate surface area is 143 Å². The van der Waals surface area contributed by atoms with E-state index in [0.29, 0.717) is 6.54 Å². The minimum absolute atomic E-state index is 0.0176. The SMILES string of the molecule is CCC1CN(C(=O)COc2c(C)cccc2C)c2ccccc2O1. The molecule has 1 aliphatic heterocycles. The normalized spacial score (nSPS) is 16.3. The van der Waals surface area contributed by atoms with E-state index in [1.807, 2.05) is 56.3 Å². The van der Waals surface area contributed by atoms with Crippen LogP contribution in [0.1, 0.15) is 24.5 Å². The molecule has 2 aromatic carbocycles. The number of ether oxygens (including phenoxy) is 2. The predicted molar refractivity (Wildman–Crippen MR) is 94.9 cm³/mol. The lowest BCUT2D eigenvalue weighted by atomic mass is 10.1. The Hall–Kier alpha value is -2.49. The largest absolute Gasteiger partial charge is 0.486 e. The van der Waals surface area contributed by atoms with Crippen molar-refractivity contribution >= 4 is 11.6 Å². The van der Waals surface area contributed by atoms with Crippen LogP contribution >= 0.6 is 0 Å². The summed E-state index contributed by atoms with van der Waals surface area (Å²) in [5, 5.41) is 0. The van der Waals surface area contributed by atoms with Crippen molar-refractivity contribution in [3.05, 3.63) is 53.6 Å². The Morgan fingerprint density at radius 1 is 1.17 bits per heavy atom. The third kappa shape index (κ3) is 3.23. The third-order valence-electron chi connectivity index (χ3n) is 4.34. The van der Waals surface area contributed by atoms with Crippen molar-refractivity contribution in [3.8, 4) is 11.5 Å². The number of rotatable bonds is 4. The summed E-state index contributed by atoms with van der Waals surface area (Å²) >= 11 is 0. The topological polar surface area (TPSA) is 38.8 Å². The van der Waals surface area contributed by atoms with Crippen LogP contribution in [-0.4, -0.2) is 25.2 Å². The lowest BCUT2D eigenvalue weighted by Gasteiger charge is -2.34. The van der Waals surface area contributed by atoms with Crippen molar-refractivity contribution in [3.63, 3.8) is 0 Å². The Bertz CT molecular complexity index is 721. The molecule has 4 heteroatoms. The van der Waals surface area contributed by atoms with E-state index in [-0.39, 0.29) is 18.6 Å². The predicted octanol–water partition coefficient (Wildman–Crippen LogP) is 3.89. The van der Waals surface area contributed by atoms with Crippen LogP contribution < -0.4 is 14.4 Å². The van der Waals surface area contributed by atoms with E-state index < -0.39 is 0 Å². The summed E-state index contributed by atoms with van der Waals surface area (Å²) < 4.78 is 11.8. The Morgan fingerprint density at radius 3 is 2.58 bits per heavy atom. The lowest BCUT2D eigenvalue weighted by Crippen LogP contribution is -2.45. The van der Waals surface area contributed by atoms with Crippen LogP contribution in [0.3, 0.4) is 0 Å². The molecular weight excluding hydrogens is 302 g/mol. The number of hydrogen-bond donors (Lipinski definition) is 0. The fraction of sp³-hybridized carbons (Fsp3) is 0.350. The molecule has 1 amide bonds. The fourth-order valence-corrected chi connectivity index (χ4v) is 2.99. The first kappa shape index (κ1) is 16.4.